The zero-order chi connectivity index (χ0) is 25.0. The third-order valence-corrected chi connectivity index (χ3v) is 5.98. The molecule has 0 aromatic heterocycles. The van der Waals surface area contributed by atoms with E-state index >= 15 is 0 Å². The van der Waals surface area contributed by atoms with Crippen LogP contribution in [0, 0.1) is 11.6 Å². The largest absolute Gasteiger partial charge is 0.379 e. The first-order chi connectivity index (χ1) is 16.2. The number of carbonyl (C=O) groups is 3. The van der Waals surface area contributed by atoms with Crippen LogP contribution in [0.2, 0.25) is 0 Å². The number of carbonyl (C=O) groups excluding carboxylic acids is 3. The lowest BCUT2D eigenvalue weighted by atomic mass is 10.0. The van der Waals surface area contributed by atoms with E-state index in [9.17, 15) is 23.2 Å². The molecule has 0 aliphatic carbocycles. The van der Waals surface area contributed by atoms with Gasteiger partial charge in [-0.2, -0.15) is 0 Å². The number of para-hydroxylation sites is 1. The molecule has 0 spiro atoms. The summed E-state index contributed by atoms with van der Waals surface area (Å²) in [5, 5.41) is 7.77. The van der Waals surface area contributed by atoms with Gasteiger partial charge in [-0.3, -0.25) is 14.4 Å². The van der Waals surface area contributed by atoms with Crippen LogP contribution in [0.15, 0.2) is 42.5 Å². The van der Waals surface area contributed by atoms with E-state index in [0.29, 0.717) is 11.1 Å². The maximum atomic E-state index is 14.2. The second-order valence-corrected chi connectivity index (χ2v) is 8.09. The number of anilines is 1. The maximum Gasteiger partial charge on any atom is 0.252 e. The van der Waals surface area contributed by atoms with Crippen LogP contribution in [0.4, 0.5) is 14.5 Å². The number of halogens is 2. The Kier molecular flexibility index (Phi) is 7.95. The van der Waals surface area contributed by atoms with Crippen molar-refractivity contribution in [3.05, 3.63) is 65.2 Å². The Balaban J connectivity index is 1.95. The summed E-state index contributed by atoms with van der Waals surface area (Å²) in [5.41, 5.74) is 0.648. The normalized spacial score (nSPS) is 17.5. The van der Waals surface area contributed by atoms with Gasteiger partial charge < -0.3 is 25.6 Å². The minimum Gasteiger partial charge on any atom is -0.379 e. The third kappa shape index (κ3) is 5.07. The number of hydrogen-bond acceptors (Lipinski definition) is 5. The lowest BCUT2D eigenvalue weighted by molar-refractivity contribution is -0.145. The highest BCUT2D eigenvalue weighted by Crippen LogP contribution is 2.35. The van der Waals surface area contributed by atoms with Crippen LogP contribution in [-0.2, 0) is 25.7 Å². The fourth-order valence-electron chi connectivity index (χ4n) is 3.79. The van der Waals surface area contributed by atoms with Crippen LogP contribution in [0.3, 0.4) is 0 Å². The zero-order valence-electron chi connectivity index (χ0n) is 19.4. The maximum absolute atomic E-state index is 14.2. The van der Waals surface area contributed by atoms with Gasteiger partial charge in [0, 0.05) is 13.7 Å². The number of fused-ring (bicyclic) bond motifs is 1. The number of hydrogen-bond donors (Lipinski definition) is 3. The van der Waals surface area contributed by atoms with E-state index < -0.39 is 59.3 Å². The van der Waals surface area contributed by atoms with Crippen LogP contribution >= 0.6 is 0 Å². The van der Waals surface area contributed by atoms with Gasteiger partial charge in [0.1, 0.15) is 29.4 Å². The van der Waals surface area contributed by atoms with E-state index in [-0.39, 0.29) is 6.54 Å². The van der Waals surface area contributed by atoms with Gasteiger partial charge in [0.05, 0.1) is 12.1 Å². The van der Waals surface area contributed by atoms with Crippen molar-refractivity contribution in [2.45, 2.75) is 44.6 Å². The number of amides is 3. The van der Waals surface area contributed by atoms with Crippen molar-refractivity contribution >= 4 is 23.4 Å². The van der Waals surface area contributed by atoms with Crippen molar-refractivity contribution in [3.8, 4) is 0 Å². The van der Waals surface area contributed by atoms with E-state index in [4.69, 9.17) is 4.74 Å². The summed E-state index contributed by atoms with van der Waals surface area (Å²) in [5.74, 6) is -3.62. The summed E-state index contributed by atoms with van der Waals surface area (Å²) in [7, 11) is 3.02. The average Bonchev–Trinajstić information content (AvgIpc) is 3.23. The molecule has 4 unspecified atom stereocenters. The Labute approximate surface area is 196 Å². The van der Waals surface area contributed by atoms with Crippen molar-refractivity contribution in [2.75, 3.05) is 19.5 Å². The molecule has 1 aliphatic heterocycles. The Bertz CT molecular complexity index is 1060. The summed E-state index contributed by atoms with van der Waals surface area (Å²) >= 11 is 0. The van der Waals surface area contributed by atoms with Crippen LogP contribution in [0.1, 0.15) is 31.0 Å². The molecule has 3 rings (SSSR count). The topological polar surface area (TPSA) is 99.8 Å². The molecule has 0 saturated carbocycles. The Hall–Kier alpha value is -3.37. The van der Waals surface area contributed by atoms with E-state index in [1.165, 1.54) is 18.1 Å². The van der Waals surface area contributed by atoms with Gasteiger partial charge >= 0.3 is 0 Å². The number of nitrogens with one attached hydrogen (secondary N) is 3. The number of nitrogens with zero attached hydrogens (tertiary/aromatic N) is 1. The zero-order valence-corrected chi connectivity index (χ0v) is 19.4. The first-order valence-electron chi connectivity index (χ1n) is 10.8. The molecule has 0 saturated heterocycles. The summed E-state index contributed by atoms with van der Waals surface area (Å²) < 4.78 is 33.7. The van der Waals surface area contributed by atoms with Gasteiger partial charge in [-0.1, -0.05) is 30.3 Å². The van der Waals surface area contributed by atoms with Gasteiger partial charge in [0.15, 0.2) is 0 Å². The number of likely N-dealkylation sites (N-methyl/N-ethyl adjacent to an activating group) is 1. The molecule has 0 radical (unpaired) electrons. The Morgan fingerprint density at radius 1 is 1.06 bits per heavy atom. The molecular weight excluding hydrogens is 446 g/mol. The molecule has 2 aromatic carbocycles. The standard InChI is InChI=1S/C24H28F2N4O4/c1-13(27-3)22(31)28-19(14(2)34-4)24(33)30-12-15-8-5-6-9-16(15)21(30)23(32)29-20-17(25)10-7-11-18(20)26/h5-11,13-14,19,21,27H,12H2,1-4H3,(H,28,31)(H,29,32). The van der Waals surface area contributed by atoms with Crippen molar-refractivity contribution < 1.29 is 27.9 Å². The molecule has 34 heavy (non-hydrogen) atoms. The number of ether oxygens (including phenoxy) is 1. The van der Waals surface area contributed by atoms with Gasteiger partial charge in [0.2, 0.25) is 11.8 Å². The first kappa shape index (κ1) is 25.3. The SMILES string of the molecule is CNC(C)C(=O)NC(C(=O)N1Cc2ccccc2C1C(=O)Nc1c(F)cccc1F)C(C)OC. The van der Waals surface area contributed by atoms with Crippen LogP contribution in [-0.4, -0.2) is 55.0 Å². The molecule has 0 fully saturated rings. The molecule has 8 nitrogen and oxygen atoms in total. The second kappa shape index (κ2) is 10.7. The predicted molar refractivity (Wildman–Crippen MR) is 122 cm³/mol. The lowest BCUT2D eigenvalue weighted by Gasteiger charge is -2.31. The Morgan fingerprint density at radius 3 is 2.32 bits per heavy atom. The van der Waals surface area contributed by atoms with Crippen molar-refractivity contribution in [1.29, 1.82) is 0 Å². The van der Waals surface area contributed by atoms with Crippen molar-refractivity contribution in [2.24, 2.45) is 0 Å². The predicted octanol–water partition coefficient (Wildman–Crippen LogP) is 2.11. The molecule has 182 valence electrons. The highest BCUT2D eigenvalue weighted by atomic mass is 19.1. The summed E-state index contributed by atoms with van der Waals surface area (Å²) in [6, 6.07) is 7.34. The fourth-order valence-corrected chi connectivity index (χ4v) is 3.79. The fraction of sp³-hybridized carbons (Fsp3) is 0.375. The van der Waals surface area contributed by atoms with Gasteiger partial charge in [-0.25, -0.2) is 8.78 Å². The molecule has 0 bridgehead atoms. The lowest BCUT2D eigenvalue weighted by Crippen LogP contribution is -2.57. The van der Waals surface area contributed by atoms with Crippen LogP contribution < -0.4 is 16.0 Å². The summed E-state index contributed by atoms with van der Waals surface area (Å²) in [4.78, 5) is 40.7. The number of benzene rings is 2. The molecule has 2 aromatic rings. The average molecular weight is 475 g/mol. The first-order valence-corrected chi connectivity index (χ1v) is 10.8. The molecule has 10 heteroatoms. The van der Waals surface area contributed by atoms with Crippen molar-refractivity contribution in [3.63, 3.8) is 0 Å². The smallest absolute Gasteiger partial charge is 0.252 e. The van der Waals surface area contributed by atoms with E-state index in [0.717, 1.165) is 12.1 Å². The highest BCUT2D eigenvalue weighted by Gasteiger charge is 2.43. The molecule has 1 aliphatic rings. The molecule has 4 atom stereocenters. The third-order valence-electron chi connectivity index (χ3n) is 5.98. The molecule has 3 N–H and O–H groups in total. The van der Waals surface area contributed by atoms with Crippen LogP contribution in [0.5, 0.6) is 0 Å². The molecule has 1 heterocycles. The van der Waals surface area contributed by atoms with E-state index in [1.54, 1.807) is 45.2 Å². The van der Waals surface area contributed by atoms with Gasteiger partial charge in [-0.05, 0) is 44.2 Å². The summed E-state index contributed by atoms with van der Waals surface area (Å²) in [6.07, 6.45) is -0.711. The van der Waals surface area contributed by atoms with E-state index in [2.05, 4.69) is 16.0 Å². The summed E-state index contributed by atoms with van der Waals surface area (Å²) in [6.45, 7) is 3.34. The van der Waals surface area contributed by atoms with Gasteiger partial charge in [-0.15, -0.1) is 0 Å². The molecule has 3 amide bonds. The number of methoxy groups -OCH3 is 1. The minimum absolute atomic E-state index is 0.0806. The minimum atomic E-state index is -1.16. The monoisotopic (exact) mass is 474 g/mol. The van der Waals surface area contributed by atoms with Gasteiger partial charge in [0.25, 0.3) is 5.91 Å². The Morgan fingerprint density at radius 2 is 1.71 bits per heavy atom. The second-order valence-electron chi connectivity index (χ2n) is 8.09. The van der Waals surface area contributed by atoms with E-state index in [1.807, 2.05) is 0 Å². The van der Waals surface area contributed by atoms with Crippen LogP contribution in [0.25, 0.3) is 0 Å². The molecular formula is C24H28F2N4O4. The highest BCUT2D eigenvalue weighted by molar-refractivity contribution is 6.00. The quantitative estimate of drug-likeness (QED) is 0.544. The van der Waals surface area contributed by atoms with Crippen molar-refractivity contribution in [1.82, 2.24) is 15.5 Å². The number of rotatable bonds is 8.